The van der Waals surface area contributed by atoms with E-state index in [1.165, 1.54) is 0 Å². The number of rotatable bonds is 3. The fourth-order valence-electron chi connectivity index (χ4n) is 0.955. The lowest BCUT2D eigenvalue weighted by Crippen LogP contribution is -2.15. The average molecular weight is 156 g/mol. The predicted molar refractivity (Wildman–Crippen MR) is 44.2 cm³/mol. The maximum absolute atomic E-state index is 4.21. The fraction of sp³-hybridized carbons (Fsp3) is 0.571. The third kappa shape index (κ3) is 1.55. The summed E-state index contributed by atoms with van der Waals surface area (Å²) in [7, 11) is 1.97. The Bertz CT molecular complexity index is 168. The lowest BCUT2D eigenvalue weighted by molar-refractivity contribution is 0.564. The third-order valence-corrected chi connectivity index (χ3v) is 2.17. The first kappa shape index (κ1) is 7.69. The second kappa shape index (κ2) is 3.68. The molecule has 1 aromatic rings. The molecule has 0 fully saturated rings. The van der Waals surface area contributed by atoms with Crippen LogP contribution in [0.25, 0.3) is 0 Å². The molecule has 0 aliphatic carbocycles. The summed E-state index contributed by atoms with van der Waals surface area (Å²) in [6.07, 6.45) is 1.10. The molecule has 0 aliphatic heterocycles. The van der Waals surface area contributed by atoms with Crippen molar-refractivity contribution in [3.8, 4) is 0 Å². The molecule has 3 heteroatoms. The Morgan fingerprint density at radius 1 is 1.80 bits per heavy atom. The Kier molecular flexibility index (Phi) is 2.83. The molecule has 0 spiro atoms. The summed E-state index contributed by atoms with van der Waals surface area (Å²) in [5.41, 5.74) is 3.03. The van der Waals surface area contributed by atoms with Crippen LogP contribution in [0, 0.1) is 0 Å². The van der Waals surface area contributed by atoms with Gasteiger partial charge in [0.05, 0.1) is 11.2 Å². The van der Waals surface area contributed by atoms with E-state index >= 15 is 0 Å². The molecule has 1 atom stereocenters. The summed E-state index contributed by atoms with van der Waals surface area (Å²) in [6.45, 7) is 2.15. The van der Waals surface area contributed by atoms with Crippen molar-refractivity contribution in [1.29, 1.82) is 0 Å². The molecule has 1 heterocycles. The Hall–Kier alpha value is -0.410. The Balaban J connectivity index is 2.64. The van der Waals surface area contributed by atoms with Crippen LogP contribution >= 0.6 is 11.3 Å². The molecule has 1 rings (SSSR count). The quantitative estimate of drug-likeness (QED) is 0.722. The monoisotopic (exact) mass is 156 g/mol. The summed E-state index contributed by atoms with van der Waals surface area (Å²) in [4.78, 5) is 4.21. The number of nitrogens with one attached hydrogen (secondary N) is 1. The van der Waals surface area contributed by atoms with Crippen molar-refractivity contribution in [1.82, 2.24) is 10.3 Å². The van der Waals surface area contributed by atoms with Crippen molar-refractivity contribution < 1.29 is 0 Å². The highest BCUT2D eigenvalue weighted by Gasteiger charge is 2.06. The molecular weight excluding hydrogens is 144 g/mol. The lowest BCUT2D eigenvalue weighted by atomic mass is 10.2. The highest BCUT2D eigenvalue weighted by molar-refractivity contribution is 7.07. The van der Waals surface area contributed by atoms with Gasteiger partial charge in [-0.3, -0.25) is 0 Å². The summed E-state index contributed by atoms with van der Waals surface area (Å²) in [6, 6.07) is 0.436. The van der Waals surface area contributed by atoms with E-state index in [-0.39, 0.29) is 0 Å². The van der Waals surface area contributed by atoms with Crippen LogP contribution in [0.15, 0.2) is 10.9 Å². The normalized spacial score (nSPS) is 13.4. The van der Waals surface area contributed by atoms with Gasteiger partial charge in [-0.15, -0.1) is 11.3 Å². The maximum Gasteiger partial charge on any atom is 0.0795 e. The molecule has 56 valence electrons. The second-order valence-corrected chi connectivity index (χ2v) is 2.88. The van der Waals surface area contributed by atoms with Gasteiger partial charge in [0.15, 0.2) is 0 Å². The highest BCUT2D eigenvalue weighted by atomic mass is 32.1. The zero-order chi connectivity index (χ0) is 7.40. The zero-order valence-corrected chi connectivity index (χ0v) is 7.11. The van der Waals surface area contributed by atoms with Crippen molar-refractivity contribution in [2.75, 3.05) is 7.05 Å². The van der Waals surface area contributed by atoms with E-state index < -0.39 is 0 Å². The van der Waals surface area contributed by atoms with Crippen LogP contribution in [0.2, 0.25) is 0 Å². The maximum atomic E-state index is 4.21. The van der Waals surface area contributed by atoms with Crippen LogP contribution in [0.5, 0.6) is 0 Å². The summed E-state index contributed by atoms with van der Waals surface area (Å²) in [5, 5.41) is 5.29. The molecule has 0 saturated carbocycles. The van der Waals surface area contributed by atoms with Crippen molar-refractivity contribution in [3.05, 3.63) is 16.6 Å². The van der Waals surface area contributed by atoms with Crippen LogP contribution in [-0.4, -0.2) is 12.0 Å². The van der Waals surface area contributed by atoms with Crippen LogP contribution in [0.1, 0.15) is 25.1 Å². The summed E-state index contributed by atoms with van der Waals surface area (Å²) < 4.78 is 0. The molecule has 1 unspecified atom stereocenters. The number of aromatic nitrogens is 1. The molecule has 0 bridgehead atoms. The minimum atomic E-state index is 0.436. The van der Waals surface area contributed by atoms with Gasteiger partial charge in [-0.1, -0.05) is 6.92 Å². The topological polar surface area (TPSA) is 24.9 Å². The SMILES string of the molecule is CCC(NC)c1cscn1. The van der Waals surface area contributed by atoms with Crippen molar-refractivity contribution in [3.63, 3.8) is 0 Å². The Morgan fingerprint density at radius 2 is 2.60 bits per heavy atom. The Morgan fingerprint density at radius 3 is 3.00 bits per heavy atom. The molecule has 0 aliphatic rings. The predicted octanol–water partition coefficient (Wildman–Crippen LogP) is 1.81. The van der Waals surface area contributed by atoms with E-state index in [4.69, 9.17) is 0 Å². The average Bonchev–Trinajstić information content (AvgIpc) is 2.43. The van der Waals surface area contributed by atoms with Crippen molar-refractivity contribution >= 4 is 11.3 Å². The number of hydrogen-bond donors (Lipinski definition) is 1. The van der Waals surface area contributed by atoms with E-state index in [0.29, 0.717) is 6.04 Å². The summed E-state index contributed by atoms with van der Waals surface area (Å²) >= 11 is 1.65. The minimum absolute atomic E-state index is 0.436. The smallest absolute Gasteiger partial charge is 0.0795 e. The van der Waals surface area contributed by atoms with Crippen LogP contribution in [0.4, 0.5) is 0 Å². The van der Waals surface area contributed by atoms with Crippen LogP contribution in [0.3, 0.4) is 0 Å². The minimum Gasteiger partial charge on any atom is -0.312 e. The first-order chi connectivity index (χ1) is 4.88. The first-order valence-electron chi connectivity index (χ1n) is 3.43. The van der Waals surface area contributed by atoms with Crippen LogP contribution in [-0.2, 0) is 0 Å². The van der Waals surface area contributed by atoms with Gasteiger partial charge in [0.25, 0.3) is 0 Å². The van der Waals surface area contributed by atoms with Gasteiger partial charge < -0.3 is 5.32 Å². The van der Waals surface area contributed by atoms with Gasteiger partial charge in [-0.05, 0) is 13.5 Å². The van der Waals surface area contributed by atoms with E-state index in [2.05, 4.69) is 22.6 Å². The van der Waals surface area contributed by atoms with E-state index in [0.717, 1.165) is 12.1 Å². The van der Waals surface area contributed by atoms with E-state index in [1.807, 2.05) is 12.6 Å². The molecule has 1 aromatic heterocycles. The molecule has 10 heavy (non-hydrogen) atoms. The van der Waals surface area contributed by atoms with Crippen LogP contribution < -0.4 is 5.32 Å². The van der Waals surface area contributed by atoms with Gasteiger partial charge in [0.1, 0.15) is 0 Å². The number of hydrogen-bond acceptors (Lipinski definition) is 3. The molecule has 0 amide bonds. The van der Waals surface area contributed by atoms with Gasteiger partial charge in [0.2, 0.25) is 0 Å². The highest BCUT2D eigenvalue weighted by Crippen LogP contribution is 2.14. The van der Waals surface area contributed by atoms with Crippen molar-refractivity contribution in [2.45, 2.75) is 19.4 Å². The molecule has 1 N–H and O–H groups in total. The van der Waals surface area contributed by atoms with E-state index in [1.54, 1.807) is 11.3 Å². The molecular formula is C7H12N2S. The molecule has 0 radical (unpaired) electrons. The van der Waals surface area contributed by atoms with Gasteiger partial charge >= 0.3 is 0 Å². The summed E-state index contributed by atoms with van der Waals surface area (Å²) in [5.74, 6) is 0. The standard InChI is InChI=1S/C7H12N2S/c1-3-6(8-2)7-4-10-5-9-7/h4-6,8H,3H2,1-2H3. The van der Waals surface area contributed by atoms with Gasteiger partial charge in [0, 0.05) is 11.4 Å². The largest absolute Gasteiger partial charge is 0.312 e. The molecule has 2 nitrogen and oxygen atoms in total. The second-order valence-electron chi connectivity index (χ2n) is 2.16. The molecule has 0 saturated heterocycles. The fourth-order valence-corrected chi connectivity index (χ4v) is 1.56. The first-order valence-corrected chi connectivity index (χ1v) is 4.38. The third-order valence-electron chi connectivity index (χ3n) is 1.57. The Labute approximate surface area is 65.3 Å². The number of thiazole rings is 1. The molecule has 0 aromatic carbocycles. The van der Waals surface area contributed by atoms with Gasteiger partial charge in [-0.25, -0.2) is 4.98 Å². The lowest BCUT2D eigenvalue weighted by Gasteiger charge is -2.09. The van der Waals surface area contributed by atoms with E-state index in [9.17, 15) is 0 Å². The van der Waals surface area contributed by atoms with Crippen molar-refractivity contribution in [2.24, 2.45) is 0 Å². The van der Waals surface area contributed by atoms with Gasteiger partial charge in [-0.2, -0.15) is 0 Å². The number of nitrogens with zero attached hydrogens (tertiary/aromatic N) is 1. The zero-order valence-electron chi connectivity index (χ0n) is 6.29.